The first-order valence-corrected chi connectivity index (χ1v) is 13.3. The number of alkyl halides is 3. The average molecular weight is 559 g/mol. The molecule has 11 heteroatoms. The van der Waals surface area contributed by atoms with Crippen molar-refractivity contribution in [3.8, 4) is 0 Å². The van der Waals surface area contributed by atoms with Crippen molar-refractivity contribution >= 4 is 11.6 Å². The quantitative estimate of drug-likeness (QED) is 0.404. The Kier molecular flexibility index (Phi) is 7.74. The third-order valence-electron chi connectivity index (χ3n) is 7.09. The average Bonchev–Trinajstić information content (AvgIpc) is 3.23. The van der Waals surface area contributed by atoms with Crippen LogP contribution in [0, 0.1) is 10.8 Å². The molecule has 0 bridgehead atoms. The molecule has 1 amide bonds. The molecule has 216 valence electrons. The van der Waals surface area contributed by atoms with Crippen molar-refractivity contribution in [3.63, 3.8) is 0 Å². The van der Waals surface area contributed by atoms with Crippen LogP contribution in [0.5, 0.6) is 0 Å². The number of nitrogens with one attached hydrogen (secondary N) is 2. The Labute approximate surface area is 232 Å². The van der Waals surface area contributed by atoms with Gasteiger partial charge in [-0.25, -0.2) is 0 Å². The normalized spacial score (nSPS) is 16.4. The summed E-state index contributed by atoms with van der Waals surface area (Å²) in [5, 5.41) is 14.4. The number of aryl methyl sites for hydroxylation is 1. The molecule has 1 aliphatic rings. The van der Waals surface area contributed by atoms with Gasteiger partial charge in [-0.3, -0.25) is 9.59 Å². The Morgan fingerprint density at radius 1 is 1.12 bits per heavy atom. The number of benzene rings is 1. The second kappa shape index (κ2) is 10.5. The van der Waals surface area contributed by atoms with E-state index in [1.807, 2.05) is 50.6 Å². The maximum atomic E-state index is 13.3. The molecule has 2 heterocycles. The Bertz CT molecular complexity index is 1440. The summed E-state index contributed by atoms with van der Waals surface area (Å²) in [6.45, 7) is 9.77. The second-order valence-electron chi connectivity index (χ2n) is 12.9. The summed E-state index contributed by atoms with van der Waals surface area (Å²) in [6, 6.07) is 8.67. The summed E-state index contributed by atoms with van der Waals surface area (Å²) in [5.74, 6) is 0.0539. The molecule has 0 radical (unpaired) electrons. The first-order chi connectivity index (χ1) is 18.5. The summed E-state index contributed by atoms with van der Waals surface area (Å²) in [4.78, 5) is 26.3. The molecule has 1 aliphatic carbocycles. The number of pyridine rings is 1. The van der Waals surface area contributed by atoms with Crippen LogP contribution in [-0.2, 0) is 25.6 Å². The first-order valence-electron chi connectivity index (χ1n) is 13.3. The van der Waals surface area contributed by atoms with Gasteiger partial charge in [0.25, 0.3) is 11.5 Å². The second-order valence-corrected chi connectivity index (χ2v) is 12.9. The highest BCUT2D eigenvalue weighted by Crippen LogP contribution is 2.58. The smallest absolute Gasteiger partial charge is 0.322 e. The lowest BCUT2D eigenvalue weighted by atomic mass is 9.51. The van der Waals surface area contributed by atoms with Crippen molar-refractivity contribution in [3.05, 3.63) is 75.7 Å². The number of nitrogens with zero attached hydrogens (tertiary/aromatic N) is 4. The maximum Gasteiger partial charge on any atom is 0.406 e. The summed E-state index contributed by atoms with van der Waals surface area (Å²) in [6.07, 6.45) is -0.144. The molecule has 1 fully saturated rings. The van der Waals surface area contributed by atoms with E-state index in [1.54, 1.807) is 12.4 Å². The van der Waals surface area contributed by atoms with E-state index < -0.39 is 29.6 Å². The zero-order valence-corrected chi connectivity index (χ0v) is 23.8. The predicted molar refractivity (Wildman–Crippen MR) is 147 cm³/mol. The van der Waals surface area contributed by atoms with Crippen molar-refractivity contribution in [2.45, 2.75) is 72.1 Å². The van der Waals surface area contributed by atoms with Crippen LogP contribution in [-0.4, -0.2) is 38.0 Å². The van der Waals surface area contributed by atoms with Crippen molar-refractivity contribution < 1.29 is 18.0 Å². The molecular weight excluding hydrogens is 521 g/mol. The molecule has 8 nitrogen and oxygen atoms in total. The van der Waals surface area contributed by atoms with Crippen LogP contribution in [0.25, 0.3) is 0 Å². The van der Waals surface area contributed by atoms with E-state index in [4.69, 9.17) is 0 Å². The topological polar surface area (TPSA) is 93.8 Å². The van der Waals surface area contributed by atoms with E-state index in [2.05, 4.69) is 34.7 Å². The van der Waals surface area contributed by atoms with Crippen LogP contribution in [0.4, 0.5) is 18.9 Å². The molecule has 4 rings (SSSR count). The van der Waals surface area contributed by atoms with Crippen LogP contribution in [0.3, 0.4) is 0 Å². The highest BCUT2D eigenvalue weighted by molar-refractivity contribution is 6.04. The number of aromatic nitrogens is 4. The molecule has 0 atom stereocenters. The number of anilines is 1. The minimum absolute atomic E-state index is 0.0519. The zero-order chi connectivity index (χ0) is 29.5. The molecule has 0 spiro atoms. The van der Waals surface area contributed by atoms with E-state index in [-0.39, 0.29) is 22.9 Å². The minimum Gasteiger partial charge on any atom is -0.322 e. The number of halogens is 3. The predicted octanol–water partition coefficient (Wildman–Crippen LogP) is 5.03. The Morgan fingerprint density at radius 2 is 1.82 bits per heavy atom. The Morgan fingerprint density at radius 3 is 2.40 bits per heavy atom. The first kappa shape index (κ1) is 29.5. The molecular formula is C29H37F3N6O2. The number of hydrogen-bond acceptors (Lipinski definition) is 5. The molecule has 40 heavy (non-hydrogen) atoms. The van der Waals surface area contributed by atoms with E-state index in [0.717, 1.165) is 30.4 Å². The largest absolute Gasteiger partial charge is 0.406 e. The molecule has 1 aromatic carbocycles. The van der Waals surface area contributed by atoms with Gasteiger partial charge in [0.2, 0.25) is 0 Å². The van der Waals surface area contributed by atoms with Gasteiger partial charge < -0.3 is 19.8 Å². The van der Waals surface area contributed by atoms with Gasteiger partial charge in [0.15, 0.2) is 0 Å². The lowest BCUT2D eigenvalue weighted by molar-refractivity contribution is -0.141. The van der Waals surface area contributed by atoms with Gasteiger partial charge in [-0.15, -0.1) is 10.2 Å². The standard InChI is InChI=1S/C29H37F3N6O2/c1-26(2,3)16-33-12-19-10-22(24(40)38(13-19)17-29(30,31)32)23(39)35-21-9-7-8-20(11-21)28(14-27(4,5)15-28)25-36-34-18-37(25)6/h7-11,13,18,33H,12,14-17H2,1-6H3,(H,35,39). The minimum atomic E-state index is -4.62. The molecule has 3 aromatic rings. The van der Waals surface area contributed by atoms with Gasteiger partial charge in [-0.2, -0.15) is 13.2 Å². The lowest BCUT2D eigenvalue weighted by Gasteiger charge is -2.52. The molecule has 2 aromatic heterocycles. The molecule has 1 saturated carbocycles. The third kappa shape index (κ3) is 6.63. The summed E-state index contributed by atoms with van der Waals surface area (Å²) in [7, 11) is 1.89. The fourth-order valence-electron chi connectivity index (χ4n) is 5.73. The Hall–Kier alpha value is -3.47. The summed E-state index contributed by atoms with van der Waals surface area (Å²) >= 11 is 0. The highest BCUT2D eigenvalue weighted by Gasteiger charge is 2.54. The monoisotopic (exact) mass is 558 g/mol. The number of hydrogen-bond donors (Lipinski definition) is 2. The maximum absolute atomic E-state index is 13.3. The van der Waals surface area contributed by atoms with Gasteiger partial charge >= 0.3 is 6.18 Å². The van der Waals surface area contributed by atoms with E-state index >= 15 is 0 Å². The fourth-order valence-corrected chi connectivity index (χ4v) is 5.73. The molecule has 0 aliphatic heterocycles. The van der Waals surface area contributed by atoms with Gasteiger partial charge in [0.1, 0.15) is 24.3 Å². The number of rotatable bonds is 8. The van der Waals surface area contributed by atoms with Crippen LogP contribution >= 0.6 is 0 Å². The fraction of sp³-hybridized carbons (Fsp3) is 0.517. The molecule has 0 saturated heterocycles. The van der Waals surface area contributed by atoms with E-state index in [0.29, 0.717) is 22.4 Å². The van der Waals surface area contributed by atoms with Crippen molar-refractivity contribution in [2.24, 2.45) is 17.9 Å². The van der Waals surface area contributed by atoms with Crippen LogP contribution in [0.2, 0.25) is 0 Å². The number of amides is 1. The lowest BCUT2D eigenvalue weighted by Crippen LogP contribution is -2.49. The van der Waals surface area contributed by atoms with Crippen molar-refractivity contribution in [2.75, 3.05) is 11.9 Å². The SMILES string of the molecule is Cn1cnnc1C1(c2cccc(NC(=O)c3cc(CNCC(C)(C)C)cn(CC(F)(F)F)c3=O)c2)CC(C)(C)C1. The number of carbonyl (C=O) groups excluding carboxylic acids is 1. The van der Waals surface area contributed by atoms with Gasteiger partial charge in [-0.05, 0) is 53.0 Å². The van der Waals surface area contributed by atoms with Crippen LogP contribution < -0.4 is 16.2 Å². The third-order valence-corrected chi connectivity index (χ3v) is 7.09. The van der Waals surface area contributed by atoms with Gasteiger partial charge in [0.05, 0.1) is 5.41 Å². The van der Waals surface area contributed by atoms with E-state index in [9.17, 15) is 22.8 Å². The summed E-state index contributed by atoms with van der Waals surface area (Å²) < 4.78 is 42.2. The number of carbonyl (C=O) groups is 1. The van der Waals surface area contributed by atoms with Crippen LogP contribution in [0.1, 0.15) is 74.8 Å². The van der Waals surface area contributed by atoms with Crippen molar-refractivity contribution in [1.82, 2.24) is 24.6 Å². The molecule has 0 unspecified atom stereocenters. The Balaban J connectivity index is 1.64. The highest BCUT2D eigenvalue weighted by atomic mass is 19.4. The van der Waals surface area contributed by atoms with Crippen molar-refractivity contribution in [1.29, 1.82) is 0 Å². The van der Waals surface area contributed by atoms with E-state index in [1.165, 1.54) is 6.07 Å². The molecule has 2 N–H and O–H groups in total. The van der Waals surface area contributed by atoms with Gasteiger partial charge in [-0.1, -0.05) is 46.8 Å². The van der Waals surface area contributed by atoms with Gasteiger partial charge in [0, 0.05) is 32.0 Å². The zero-order valence-electron chi connectivity index (χ0n) is 23.8. The van der Waals surface area contributed by atoms with Crippen LogP contribution in [0.15, 0.2) is 47.7 Å². The summed E-state index contributed by atoms with van der Waals surface area (Å²) in [5.41, 5.74) is 0.0828.